The molecule has 6 heteroatoms. The molecule has 162 valence electrons. The molecule has 0 saturated carbocycles. The second-order valence-electron chi connectivity index (χ2n) is 7.69. The van der Waals surface area contributed by atoms with E-state index in [4.69, 9.17) is 4.74 Å². The molecule has 0 radical (unpaired) electrons. The Morgan fingerprint density at radius 1 is 0.906 bits per heavy atom. The van der Waals surface area contributed by atoms with Crippen LogP contribution in [0.4, 0.5) is 11.4 Å². The number of nitrogens with zero attached hydrogens (tertiary/aromatic N) is 2. The number of benzene rings is 3. The molecule has 3 aromatic rings. The minimum absolute atomic E-state index is 0.0300. The zero-order valence-corrected chi connectivity index (χ0v) is 18.1. The highest BCUT2D eigenvalue weighted by Crippen LogP contribution is 2.43. The van der Waals surface area contributed by atoms with Gasteiger partial charge >= 0.3 is 0 Å². The standard InChI is InChI=1S/C26H24N2O4/c1-27(2)18-13-15-19(16-14-18)28-23(17-9-5-4-6-10-17)22(25(30)26(28)31)24(29)20-11-7-8-12-21(20)32-3/h4-16,23,29H,1-3H3/b24-22-. The molecule has 1 unspecified atom stereocenters. The van der Waals surface area contributed by atoms with Gasteiger partial charge in [-0.2, -0.15) is 0 Å². The lowest BCUT2D eigenvalue weighted by Crippen LogP contribution is -2.29. The largest absolute Gasteiger partial charge is 0.507 e. The van der Waals surface area contributed by atoms with Gasteiger partial charge in [0, 0.05) is 25.5 Å². The number of ether oxygens (including phenoxy) is 1. The van der Waals surface area contributed by atoms with Gasteiger partial charge in [-0.1, -0.05) is 42.5 Å². The van der Waals surface area contributed by atoms with E-state index in [1.807, 2.05) is 61.5 Å². The number of rotatable bonds is 5. The normalized spacial score (nSPS) is 17.5. The van der Waals surface area contributed by atoms with Crippen molar-refractivity contribution in [3.8, 4) is 5.75 Å². The van der Waals surface area contributed by atoms with Crippen LogP contribution < -0.4 is 14.5 Å². The summed E-state index contributed by atoms with van der Waals surface area (Å²) in [5, 5.41) is 11.2. The first-order valence-electron chi connectivity index (χ1n) is 10.2. The summed E-state index contributed by atoms with van der Waals surface area (Å²) < 4.78 is 5.37. The van der Waals surface area contributed by atoms with Gasteiger partial charge < -0.3 is 14.7 Å². The Kier molecular flexibility index (Phi) is 5.69. The topological polar surface area (TPSA) is 70.1 Å². The quantitative estimate of drug-likeness (QED) is 0.371. The molecule has 0 spiro atoms. The van der Waals surface area contributed by atoms with Gasteiger partial charge in [-0.25, -0.2) is 0 Å². The van der Waals surface area contributed by atoms with Crippen LogP contribution in [0.5, 0.6) is 5.75 Å². The Hall–Kier alpha value is -4.06. The molecule has 0 aromatic heterocycles. The molecule has 1 heterocycles. The third kappa shape index (κ3) is 3.60. The number of carbonyl (C=O) groups excluding carboxylic acids is 2. The smallest absolute Gasteiger partial charge is 0.300 e. The molecule has 1 aliphatic heterocycles. The van der Waals surface area contributed by atoms with E-state index in [9.17, 15) is 14.7 Å². The lowest BCUT2D eigenvalue weighted by Gasteiger charge is -2.26. The van der Waals surface area contributed by atoms with Crippen molar-refractivity contribution in [1.82, 2.24) is 0 Å². The summed E-state index contributed by atoms with van der Waals surface area (Å²) in [6.07, 6.45) is 0. The fourth-order valence-electron chi connectivity index (χ4n) is 3.95. The summed E-state index contributed by atoms with van der Waals surface area (Å²) in [7, 11) is 5.35. The number of carbonyl (C=O) groups is 2. The van der Waals surface area contributed by atoms with E-state index in [2.05, 4.69) is 0 Å². The number of hydrogen-bond donors (Lipinski definition) is 1. The van der Waals surface area contributed by atoms with Gasteiger partial charge in [-0.05, 0) is 42.0 Å². The monoisotopic (exact) mass is 428 g/mol. The fourth-order valence-corrected chi connectivity index (χ4v) is 3.95. The average molecular weight is 428 g/mol. The van der Waals surface area contributed by atoms with Gasteiger partial charge in [0.2, 0.25) is 0 Å². The van der Waals surface area contributed by atoms with Crippen LogP contribution in [0.15, 0.2) is 84.4 Å². The van der Waals surface area contributed by atoms with Crippen LogP contribution in [-0.4, -0.2) is 38.0 Å². The highest BCUT2D eigenvalue weighted by molar-refractivity contribution is 6.51. The number of anilines is 2. The van der Waals surface area contributed by atoms with E-state index in [0.29, 0.717) is 17.0 Å². The predicted molar refractivity (Wildman–Crippen MR) is 125 cm³/mol. The maximum Gasteiger partial charge on any atom is 0.300 e. The van der Waals surface area contributed by atoms with E-state index >= 15 is 0 Å². The number of ketones is 1. The van der Waals surface area contributed by atoms with Crippen molar-refractivity contribution in [2.75, 3.05) is 31.0 Å². The zero-order valence-electron chi connectivity index (χ0n) is 18.1. The maximum atomic E-state index is 13.2. The van der Waals surface area contributed by atoms with Crippen LogP contribution in [0.1, 0.15) is 17.2 Å². The van der Waals surface area contributed by atoms with E-state index in [-0.39, 0.29) is 11.3 Å². The minimum atomic E-state index is -0.772. The number of amides is 1. The van der Waals surface area contributed by atoms with E-state index in [0.717, 1.165) is 11.3 Å². The zero-order chi connectivity index (χ0) is 22.8. The van der Waals surface area contributed by atoms with Crippen LogP contribution in [0.2, 0.25) is 0 Å². The number of aliphatic hydroxyl groups excluding tert-OH is 1. The number of Topliss-reactive ketones (excluding diaryl/α,β-unsaturated/α-hetero) is 1. The fraction of sp³-hybridized carbons (Fsp3) is 0.154. The van der Waals surface area contributed by atoms with Crippen LogP contribution in [0.3, 0.4) is 0 Å². The molecule has 4 rings (SSSR count). The van der Waals surface area contributed by atoms with Gasteiger partial charge in [0.25, 0.3) is 11.7 Å². The summed E-state index contributed by atoms with van der Waals surface area (Å²) in [5.41, 5.74) is 2.65. The van der Waals surface area contributed by atoms with Gasteiger partial charge in [0.15, 0.2) is 0 Å². The van der Waals surface area contributed by atoms with Gasteiger partial charge in [-0.15, -0.1) is 0 Å². The van der Waals surface area contributed by atoms with Crippen molar-refractivity contribution in [3.63, 3.8) is 0 Å². The Bertz CT molecular complexity index is 1180. The number of para-hydroxylation sites is 1. The van der Waals surface area contributed by atoms with E-state index in [1.54, 1.807) is 36.4 Å². The summed E-state index contributed by atoms with van der Waals surface area (Å²) in [6.45, 7) is 0. The molecule has 0 bridgehead atoms. The SMILES string of the molecule is COc1ccccc1/C(O)=C1/C(=O)C(=O)N(c2ccc(N(C)C)cc2)C1c1ccccc1. The van der Waals surface area contributed by atoms with Gasteiger partial charge in [0.05, 0.1) is 24.3 Å². The van der Waals surface area contributed by atoms with E-state index in [1.165, 1.54) is 12.0 Å². The third-order valence-electron chi connectivity index (χ3n) is 5.57. The molecule has 1 aliphatic rings. The molecule has 1 N–H and O–H groups in total. The van der Waals surface area contributed by atoms with Crippen LogP contribution in [0.25, 0.3) is 5.76 Å². The lowest BCUT2D eigenvalue weighted by molar-refractivity contribution is -0.132. The molecular formula is C26H24N2O4. The predicted octanol–water partition coefficient (Wildman–Crippen LogP) is 4.39. The number of hydrogen-bond acceptors (Lipinski definition) is 5. The van der Waals surface area contributed by atoms with Gasteiger partial charge in [-0.3, -0.25) is 14.5 Å². The molecule has 3 aromatic carbocycles. The van der Waals surface area contributed by atoms with Crippen molar-refractivity contribution in [3.05, 3.63) is 95.6 Å². The second-order valence-corrected chi connectivity index (χ2v) is 7.69. The molecule has 1 amide bonds. The van der Waals surface area contributed by atoms with Crippen molar-refractivity contribution in [2.24, 2.45) is 0 Å². The first kappa shape index (κ1) is 21.2. The Labute approximate surface area is 187 Å². The van der Waals surface area contributed by atoms with Crippen molar-refractivity contribution in [2.45, 2.75) is 6.04 Å². The highest BCUT2D eigenvalue weighted by atomic mass is 16.5. The maximum absolute atomic E-state index is 13.2. The van der Waals surface area contributed by atoms with Crippen LogP contribution in [-0.2, 0) is 9.59 Å². The number of aliphatic hydroxyl groups is 1. The Morgan fingerprint density at radius 2 is 1.53 bits per heavy atom. The second kappa shape index (κ2) is 8.59. The molecule has 32 heavy (non-hydrogen) atoms. The first-order chi connectivity index (χ1) is 15.4. The van der Waals surface area contributed by atoms with Crippen LogP contribution in [0, 0.1) is 0 Å². The molecular weight excluding hydrogens is 404 g/mol. The van der Waals surface area contributed by atoms with Crippen molar-refractivity contribution >= 4 is 28.8 Å². The molecule has 1 fully saturated rings. The summed E-state index contributed by atoms with van der Waals surface area (Å²) >= 11 is 0. The molecule has 1 atom stereocenters. The van der Waals surface area contributed by atoms with Crippen LogP contribution >= 0.6 is 0 Å². The summed E-state index contributed by atoms with van der Waals surface area (Å²) in [6, 6.07) is 22.7. The Balaban J connectivity index is 1.92. The molecule has 0 aliphatic carbocycles. The minimum Gasteiger partial charge on any atom is -0.507 e. The van der Waals surface area contributed by atoms with Crippen molar-refractivity contribution in [1.29, 1.82) is 0 Å². The molecule has 1 saturated heterocycles. The summed E-state index contributed by atoms with van der Waals surface area (Å²) in [4.78, 5) is 29.8. The lowest BCUT2D eigenvalue weighted by atomic mass is 9.95. The van der Waals surface area contributed by atoms with Gasteiger partial charge in [0.1, 0.15) is 11.5 Å². The third-order valence-corrected chi connectivity index (χ3v) is 5.57. The number of methoxy groups -OCH3 is 1. The molecule has 6 nitrogen and oxygen atoms in total. The first-order valence-corrected chi connectivity index (χ1v) is 10.2. The average Bonchev–Trinajstić information content (AvgIpc) is 3.09. The van der Waals surface area contributed by atoms with Crippen molar-refractivity contribution < 1.29 is 19.4 Å². The summed E-state index contributed by atoms with van der Waals surface area (Å²) in [5.74, 6) is -1.27. The van der Waals surface area contributed by atoms with E-state index < -0.39 is 17.7 Å². The Morgan fingerprint density at radius 3 is 2.16 bits per heavy atom. The highest BCUT2D eigenvalue weighted by Gasteiger charge is 2.47.